The van der Waals surface area contributed by atoms with Gasteiger partial charge in [0.15, 0.2) is 0 Å². The van der Waals surface area contributed by atoms with Gasteiger partial charge in [0.2, 0.25) is 0 Å². The summed E-state index contributed by atoms with van der Waals surface area (Å²) in [5.41, 5.74) is 0. The lowest BCUT2D eigenvalue weighted by atomic mass is 9.95. The van der Waals surface area contributed by atoms with Crippen molar-refractivity contribution in [2.45, 2.75) is 44.8 Å². The molecule has 1 aliphatic heterocycles. The Hall–Kier alpha value is 0.100. The first-order chi connectivity index (χ1) is 7.53. The molecule has 1 rings (SSSR count). The van der Waals surface area contributed by atoms with Crippen molar-refractivity contribution in [1.82, 2.24) is 5.32 Å². The number of thioether (sulfide) groups is 1. The van der Waals surface area contributed by atoms with Gasteiger partial charge in [-0.3, -0.25) is 0 Å². The molecule has 1 N–H and O–H groups in total. The molecule has 0 radical (unpaired) electrons. The van der Waals surface area contributed by atoms with E-state index in [1.165, 1.54) is 0 Å². The quantitative estimate of drug-likeness (QED) is 0.780. The molecule has 1 aliphatic rings. The van der Waals surface area contributed by atoms with E-state index >= 15 is 0 Å². The SMILES string of the molecule is CCCNC(CCC(F)(F)F)C1CCSC1. The topological polar surface area (TPSA) is 12.0 Å². The summed E-state index contributed by atoms with van der Waals surface area (Å²) in [6.07, 6.45) is -2.41. The van der Waals surface area contributed by atoms with Gasteiger partial charge in [-0.25, -0.2) is 0 Å². The first-order valence-electron chi connectivity index (χ1n) is 5.91. The molecule has 5 heteroatoms. The second-order valence-corrected chi connectivity index (χ2v) is 5.49. The summed E-state index contributed by atoms with van der Waals surface area (Å²) < 4.78 is 36.6. The molecule has 2 unspecified atom stereocenters. The normalized spacial score (nSPS) is 23.6. The van der Waals surface area contributed by atoms with E-state index in [1.54, 1.807) is 0 Å². The number of rotatable bonds is 6. The molecule has 1 fully saturated rings. The summed E-state index contributed by atoms with van der Waals surface area (Å²) in [5, 5.41) is 3.27. The molecule has 1 heterocycles. The maximum atomic E-state index is 12.2. The lowest BCUT2D eigenvalue weighted by Crippen LogP contribution is -2.37. The predicted molar refractivity (Wildman–Crippen MR) is 62.8 cm³/mol. The van der Waals surface area contributed by atoms with E-state index in [1.807, 2.05) is 18.7 Å². The molecule has 0 aromatic heterocycles. The Bertz CT molecular complexity index is 190. The molecule has 16 heavy (non-hydrogen) atoms. The summed E-state index contributed by atoms with van der Waals surface area (Å²) in [7, 11) is 0. The molecule has 0 aromatic carbocycles. The Morgan fingerprint density at radius 3 is 2.69 bits per heavy atom. The van der Waals surface area contributed by atoms with Gasteiger partial charge in [-0.1, -0.05) is 6.92 Å². The van der Waals surface area contributed by atoms with Crippen LogP contribution in [0.5, 0.6) is 0 Å². The third-order valence-corrected chi connectivity index (χ3v) is 4.12. The molecule has 0 aliphatic carbocycles. The van der Waals surface area contributed by atoms with Crippen molar-refractivity contribution in [2.75, 3.05) is 18.1 Å². The standard InChI is InChI=1S/C11H20F3NS/c1-2-6-15-10(3-5-11(12,13)14)9-4-7-16-8-9/h9-10,15H,2-8H2,1H3. The first-order valence-corrected chi connectivity index (χ1v) is 7.06. The van der Waals surface area contributed by atoms with Crippen LogP contribution in [-0.2, 0) is 0 Å². The Morgan fingerprint density at radius 1 is 1.44 bits per heavy atom. The van der Waals surface area contributed by atoms with Crippen LogP contribution < -0.4 is 5.32 Å². The van der Waals surface area contributed by atoms with Crippen LogP contribution in [0.2, 0.25) is 0 Å². The van der Waals surface area contributed by atoms with Gasteiger partial charge in [0.25, 0.3) is 0 Å². The minimum atomic E-state index is -4.02. The zero-order valence-electron chi connectivity index (χ0n) is 9.65. The maximum Gasteiger partial charge on any atom is 0.389 e. The van der Waals surface area contributed by atoms with Gasteiger partial charge >= 0.3 is 6.18 Å². The molecule has 1 nitrogen and oxygen atoms in total. The summed E-state index contributed by atoms with van der Waals surface area (Å²) in [6, 6.07) is 0.0524. The van der Waals surface area contributed by atoms with Crippen LogP contribution in [0.15, 0.2) is 0 Å². The highest BCUT2D eigenvalue weighted by Gasteiger charge is 2.31. The molecule has 0 saturated carbocycles. The predicted octanol–water partition coefficient (Wildman–Crippen LogP) is 3.45. The van der Waals surface area contributed by atoms with E-state index in [0.29, 0.717) is 5.92 Å². The highest BCUT2D eigenvalue weighted by molar-refractivity contribution is 7.99. The van der Waals surface area contributed by atoms with Gasteiger partial charge in [0.1, 0.15) is 0 Å². The molecule has 2 atom stereocenters. The summed E-state index contributed by atoms with van der Waals surface area (Å²) in [4.78, 5) is 0. The zero-order chi connectivity index (χ0) is 12.0. The molecule has 96 valence electrons. The highest BCUT2D eigenvalue weighted by Crippen LogP contribution is 2.30. The number of hydrogen-bond acceptors (Lipinski definition) is 2. The molecule has 0 amide bonds. The maximum absolute atomic E-state index is 12.2. The second kappa shape index (κ2) is 6.74. The lowest BCUT2D eigenvalue weighted by molar-refractivity contribution is -0.137. The van der Waals surface area contributed by atoms with Crippen LogP contribution in [0.3, 0.4) is 0 Å². The smallest absolute Gasteiger partial charge is 0.314 e. The average Bonchev–Trinajstić information content (AvgIpc) is 2.69. The van der Waals surface area contributed by atoms with Crippen molar-refractivity contribution in [3.8, 4) is 0 Å². The van der Waals surface area contributed by atoms with Crippen molar-refractivity contribution in [2.24, 2.45) is 5.92 Å². The molecule has 1 saturated heterocycles. The van der Waals surface area contributed by atoms with Crippen LogP contribution in [-0.4, -0.2) is 30.3 Å². The Kier molecular flexibility index (Phi) is 5.97. The molecule has 0 aromatic rings. The summed E-state index contributed by atoms with van der Waals surface area (Å²) in [6.45, 7) is 2.86. The van der Waals surface area contributed by atoms with E-state index in [-0.39, 0.29) is 12.5 Å². The minimum Gasteiger partial charge on any atom is -0.314 e. The summed E-state index contributed by atoms with van der Waals surface area (Å²) >= 11 is 1.86. The van der Waals surface area contributed by atoms with E-state index in [2.05, 4.69) is 5.32 Å². The van der Waals surface area contributed by atoms with Crippen LogP contribution >= 0.6 is 11.8 Å². The molecule has 0 spiro atoms. The Labute approximate surface area is 99.6 Å². The van der Waals surface area contributed by atoms with Gasteiger partial charge < -0.3 is 5.32 Å². The monoisotopic (exact) mass is 255 g/mol. The number of hydrogen-bond donors (Lipinski definition) is 1. The summed E-state index contributed by atoms with van der Waals surface area (Å²) in [5.74, 6) is 2.54. The third-order valence-electron chi connectivity index (χ3n) is 2.93. The van der Waals surface area contributed by atoms with Crippen LogP contribution in [0.4, 0.5) is 13.2 Å². The van der Waals surface area contributed by atoms with Crippen molar-refractivity contribution >= 4 is 11.8 Å². The average molecular weight is 255 g/mol. The van der Waals surface area contributed by atoms with Gasteiger partial charge in [-0.15, -0.1) is 0 Å². The molecular formula is C11H20F3NS. The van der Waals surface area contributed by atoms with Crippen LogP contribution in [0, 0.1) is 5.92 Å². The highest BCUT2D eigenvalue weighted by atomic mass is 32.2. The number of halogens is 3. The molecular weight excluding hydrogens is 235 g/mol. The van der Waals surface area contributed by atoms with Crippen molar-refractivity contribution in [3.05, 3.63) is 0 Å². The Morgan fingerprint density at radius 2 is 2.19 bits per heavy atom. The van der Waals surface area contributed by atoms with Gasteiger partial charge in [0, 0.05) is 12.5 Å². The van der Waals surface area contributed by atoms with E-state index in [4.69, 9.17) is 0 Å². The third kappa shape index (κ3) is 5.43. The fourth-order valence-corrected chi connectivity index (χ4v) is 3.36. The zero-order valence-corrected chi connectivity index (χ0v) is 10.5. The fourth-order valence-electron chi connectivity index (χ4n) is 2.02. The second-order valence-electron chi connectivity index (χ2n) is 4.34. The fraction of sp³-hybridized carbons (Fsp3) is 1.00. The van der Waals surface area contributed by atoms with Crippen molar-refractivity contribution in [1.29, 1.82) is 0 Å². The molecule has 0 bridgehead atoms. The van der Waals surface area contributed by atoms with Crippen molar-refractivity contribution < 1.29 is 13.2 Å². The van der Waals surface area contributed by atoms with E-state index < -0.39 is 12.6 Å². The minimum absolute atomic E-state index is 0.0524. The van der Waals surface area contributed by atoms with E-state index in [9.17, 15) is 13.2 Å². The number of alkyl halides is 3. The van der Waals surface area contributed by atoms with Crippen LogP contribution in [0.1, 0.15) is 32.6 Å². The number of nitrogens with one attached hydrogen (secondary N) is 1. The Balaban J connectivity index is 2.36. The van der Waals surface area contributed by atoms with E-state index in [0.717, 1.165) is 30.9 Å². The van der Waals surface area contributed by atoms with Gasteiger partial charge in [-0.05, 0) is 43.2 Å². The van der Waals surface area contributed by atoms with Gasteiger partial charge in [-0.2, -0.15) is 24.9 Å². The lowest BCUT2D eigenvalue weighted by Gasteiger charge is -2.24. The van der Waals surface area contributed by atoms with Gasteiger partial charge in [0.05, 0.1) is 0 Å². The first kappa shape index (κ1) is 14.2. The van der Waals surface area contributed by atoms with Crippen molar-refractivity contribution in [3.63, 3.8) is 0 Å². The largest absolute Gasteiger partial charge is 0.389 e. The van der Waals surface area contributed by atoms with Crippen LogP contribution in [0.25, 0.3) is 0 Å².